The average molecular weight is 480 g/mol. The SMILES string of the molecule is COc1ccc(I)c(CC(NCCc2ccccc2)O[Cl+3]([O-])([O-])[O-])c1. The highest BCUT2D eigenvalue weighted by Gasteiger charge is 2.29. The third-order valence-electron chi connectivity index (χ3n) is 3.50. The second kappa shape index (κ2) is 9.67. The van der Waals surface area contributed by atoms with Crippen LogP contribution in [0, 0.1) is 13.8 Å². The van der Waals surface area contributed by atoms with E-state index in [9.17, 15) is 14.0 Å². The zero-order valence-corrected chi connectivity index (χ0v) is 16.5. The molecule has 6 nitrogen and oxygen atoms in total. The van der Waals surface area contributed by atoms with E-state index in [-0.39, 0.29) is 6.42 Å². The molecule has 0 aliphatic rings. The topological polar surface area (TPSA) is 99.7 Å². The zero-order chi connectivity index (χ0) is 18.3. The lowest BCUT2D eigenvalue weighted by Gasteiger charge is -2.20. The molecule has 1 unspecified atom stereocenters. The van der Waals surface area contributed by atoms with Crippen LogP contribution in [0.4, 0.5) is 0 Å². The fraction of sp³-hybridized carbons (Fsp3) is 0.294. The molecule has 0 saturated heterocycles. The Morgan fingerprint density at radius 1 is 1.12 bits per heavy atom. The summed E-state index contributed by atoms with van der Waals surface area (Å²) in [5, 5.41) is 2.99. The first-order valence-electron chi connectivity index (χ1n) is 7.56. The lowest BCUT2D eigenvalue weighted by Crippen LogP contribution is -2.63. The van der Waals surface area contributed by atoms with Crippen molar-refractivity contribution in [2.45, 2.75) is 19.1 Å². The molecule has 25 heavy (non-hydrogen) atoms. The van der Waals surface area contributed by atoms with Crippen LogP contribution in [0.25, 0.3) is 0 Å². The molecule has 2 rings (SSSR count). The maximum atomic E-state index is 11.0. The van der Waals surface area contributed by atoms with Gasteiger partial charge in [0, 0.05) is 16.5 Å². The van der Waals surface area contributed by atoms with Crippen molar-refractivity contribution in [1.29, 1.82) is 0 Å². The molecule has 2 aromatic rings. The normalized spacial score (nSPS) is 12.8. The summed E-state index contributed by atoms with van der Waals surface area (Å²) in [6.07, 6.45) is -0.0433. The van der Waals surface area contributed by atoms with Crippen LogP contribution in [0.2, 0.25) is 0 Å². The van der Waals surface area contributed by atoms with Gasteiger partial charge in [-0.2, -0.15) is 14.0 Å². The molecular formula is C17H19ClINO5. The van der Waals surface area contributed by atoms with Crippen molar-refractivity contribution < 1.29 is 33.2 Å². The third-order valence-corrected chi connectivity index (χ3v) is 4.99. The first-order valence-corrected chi connectivity index (χ1v) is 9.87. The largest absolute Gasteiger partial charge is 0.497 e. The van der Waals surface area contributed by atoms with Gasteiger partial charge < -0.3 is 4.74 Å². The van der Waals surface area contributed by atoms with Gasteiger partial charge in [-0.3, -0.25) is 5.32 Å². The molecule has 1 N–H and O–H groups in total. The number of ether oxygens (including phenoxy) is 1. The highest BCUT2D eigenvalue weighted by Crippen LogP contribution is 2.21. The molecule has 0 fully saturated rings. The smallest absolute Gasteiger partial charge is 0.269 e. The van der Waals surface area contributed by atoms with E-state index < -0.39 is 16.5 Å². The number of methoxy groups -OCH3 is 1. The number of hydrogen-bond acceptors (Lipinski definition) is 6. The molecular weight excluding hydrogens is 461 g/mol. The number of hydrogen-bond donors (Lipinski definition) is 1. The first-order chi connectivity index (χ1) is 11.9. The van der Waals surface area contributed by atoms with Crippen LogP contribution in [0.3, 0.4) is 0 Å². The zero-order valence-electron chi connectivity index (χ0n) is 13.6. The van der Waals surface area contributed by atoms with E-state index in [1.165, 1.54) is 0 Å². The Hall–Kier alpha value is -0.940. The number of nitrogens with one attached hydrogen (secondary N) is 1. The van der Waals surface area contributed by atoms with Crippen LogP contribution in [-0.4, -0.2) is 19.9 Å². The van der Waals surface area contributed by atoms with Crippen molar-refractivity contribution in [3.05, 3.63) is 63.2 Å². The molecule has 0 aromatic heterocycles. The molecule has 1 atom stereocenters. The van der Waals surface area contributed by atoms with Crippen molar-refractivity contribution in [2.75, 3.05) is 13.7 Å². The quantitative estimate of drug-likeness (QED) is 0.399. The van der Waals surface area contributed by atoms with Crippen LogP contribution in [-0.2, 0) is 17.1 Å². The highest BCUT2D eigenvalue weighted by atomic mass is 127. The van der Waals surface area contributed by atoms with E-state index in [1.807, 2.05) is 42.5 Å². The summed E-state index contributed by atoms with van der Waals surface area (Å²) in [7, 11) is -2.97. The van der Waals surface area contributed by atoms with Crippen LogP contribution < -0.4 is 24.0 Å². The minimum absolute atomic E-state index is 0.221. The van der Waals surface area contributed by atoms with E-state index >= 15 is 0 Å². The van der Waals surface area contributed by atoms with Gasteiger partial charge in [0.15, 0.2) is 0 Å². The molecule has 0 spiro atoms. The number of rotatable bonds is 9. The molecule has 0 saturated carbocycles. The Labute approximate surface area is 162 Å². The van der Waals surface area contributed by atoms with Crippen molar-refractivity contribution in [3.8, 4) is 5.75 Å². The summed E-state index contributed by atoms with van der Waals surface area (Å²) >= 11 is 2.14. The molecule has 8 heteroatoms. The predicted octanol–water partition coefficient (Wildman–Crippen LogP) is -0.0854. The maximum Gasteiger partial charge on any atom is 0.269 e. The van der Waals surface area contributed by atoms with Gasteiger partial charge in [0.1, 0.15) is 5.75 Å². The minimum atomic E-state index is -4.53. The van der Waals surface area contributed by atoms with Gasteiger partial charge in [-0.1, -0.05) is 30.3 Å². The van der Waals surface area contributed by atoms with Crippen LogP contribution in [0.1, 0.15) is 11.1 Å². The Balaban J connectivity index is 2.02. The van der Waals surface area contributed by atoms with Crippen molar-refractivity contribution in [3.63, 3.8) is 0 Å². The minimum Gasteiger partial charge on any atom is -0.497 e. The van der Waals surface area contributed by atoms with E-state index in [0.29, 0.717) is 18.7 Å². The van der Waals surface area contributed by atoms with E-state index in [4.69, 9.17) is 4.74 Å². The van der Waals surface area contributed by atoms with Gasteiger partial charge in [0.2, 0.25) is 0 Å². The van der Waals surface area contributed by atoms with E-state index in [2.05, 4.69) is 32.2 Å². The second-order valence-corrected chi connectivity index (χ2v) is 7.40. The fourth-order valence-electron chi connectivity index (χ4n) is 2.32. The molecule has 2 aromatic carbocycles. The Morgan fingerprint density at radius 2 is 1.84 bits per heavy atom. The van der Waals surface area contributed by atoms with Crippen molar-refractivity contribution >= 4 is 22.6 Å². The highest BCUT2D eigenvalue weighted by molar-refractivity contribution is 14.1. The number of benzene rings is 2. The van der Waals surface area contributed by atoms with Crippen LogP contribution in [0.15, 0.2) is 48.5 Å². The van der Waals surface area contributed by atoms with Gasteiger partial charge in [0.25, 0.3) is 6.23 Å². The summed E-state index contributed by atoms with van der Waals surface area (Å²) < 4.78 is 43.8. The predicted molar refractivity (Wildman–Crippen MR) is 92.4 cm³/mol. The standard InChI is InChI=1S/C17H19ClINO5/c1-24-15-7-8-16(19)14(11-15)12-17(25-18(21,22)23)20-10-9-13-5-3-2-4-6-13/h2-8,11,17,20H,9-10,12H2,1H3. The number of halogens is 2. The Morgan fingerprint density at radius 3 is 2.48 bits per heavy atom. The second-order valence-electron chi connectivity index (χ2n) is 5.31. The summed E-state index contributed by atoms with van der Waals surface area (Å²) in [6.45, 7) is 0.472. The van der Waals surface area contributed by atoms with Crippen molar-refractivity contribution in [2.24, 2.45) is 0 Å². The fourth-order valence-corrected chi connectivity index (χ4v) is 3.27. The van der Waals surface area contributed by atoms with Crippen LogP contribution >= 0.6 is 22.6 Å². The molecule has 0 amide bonds. The monoisotopic (exact) mass is 479 g/mol. The molecule has 0 radical (unpaired) electrons. The van der Waals surface area contributed by atoms with E-state index in [1.54, 1.807) is 13.2 Å². The van der Waals surface area contributed by atoms with Crippen LogP contribution in [0.5, 0.6) is 5.75 Å². The Kier molecular flexibility index (Phi) is 7.88. The summed E-state index contributed by atoms with van der Waals surface area (Å²) in [5.41, 5.74) is 1.93. The molecule has 136 valence electrons. The summed E-state index contributed by atoms with van der Waals surface area (Å²) in [5.74, 6) is 0.654. The average Bonchev–Trinajstić information content (AvgIpc) is 2.56. The first kappa shape index (κ1) is 20.4. The molecule has 0 aliphatic heterocycles. The molecule has 0 bridgehead atoms. The molecule has 0 heterocycles. The Bertz CT molecular complexity index is 666. The van der Waals surface area contributed by atoms with Gasteiger partial charge in [-0.25, -0.2) is 0 Å². The van der Waals surface area contributed by atoms with Gasteiger partial charge in [0.05, 0.1) is 21.6 Å². The van der Waals surface area contributed by atoms with E-state index in [0.717, 1.165) is 14.7 Å². The van der Waals surface area contributed by atoms with Crippen molar-refractivity contribution in [1.82, 2.24) is 5.32 Å². The lowest BCUT2D eigenvalue weighted by molar-refractivity contribution is -1.92. The van der Waals surface area contributed by atoms with Gasteiger partial charge in [-0.05, 0) is 58.3 Å². The summed E-state index contributed by atoms with van der Waals surface area (Å²) in [4.78, 5) is 0. The van der Waals surface area contributed by atoms with Gasteiger partial charge in [-0.15, -0.1) is 0 Å². The maximum absolute atomic E-state index is 11.0. The molecule has 0 aliphatic carbocycles. The lowest BCUT2D eigenvalue weighted by atomic mass is 10.1. The van der Waals surface area contributed by atoms with Gasteiger partial charge >= 0.3 is 0 Å². The summed E-state index contributed by atoms with van der Waals surface area (Å²) in [6, 6.07) is 15.2. The third kappa shape index (κ3) is 7.45.